The summed E-state index contributed by atoms with van der Waals surface area (Å²) in [6.45, 7) is 3.91. The molecule has 0 saturated heterocycles. The van der Waals surface area contributed by atoms with Gasteiger partial charge in [0.1, 0.15) is 0 Å². The van der Waals surface area contributed by atoms with Crippen LogP contribution in [-0.4, -0.2) is 24.0 Å². The van der Waals surface area contributed by atoms with E-state index in [-0.39, 0.29) is 5.54 Å². The molecule has 1 aromatic carbocycles. The number of hydrogen-bond acceptors (Lipinski definition) is 2. The minimum Gasteiger partial charge on any atom is -0.329 e. The van der Waals surface area contributed by atoms with Crippen LogP contribution in [0.3, 0.4) is 0 Å². The molecule has 3 heteroatoms. The summed E-state index contributed by atoms with van der Waals surface area (Å²) in [6, 6.07) is 8.11. The summed E-state index contributed by atoms with van der Waals surface area (Å²) >= 11 is 6.28. The minimum atomic E-state index is 0.161. The molecule has 0 bridgehead atoms. The third-order valence-corrected chi connectivity index (χ3v) is 5.26. The van der Waals surface area contributed by atoms with Gasteiger partial charge in [-0.1, -0.05) is 49.6 Å². The molecule has 106 valence electrons. The van der Waals surface area contributed by atoms with Gasteiger partial charge in [-0.3, -0.25) is 4.90 Å². The molecule has 1 saturated carbocycles. The molecular weight excluding hydrogens is 256 g/mol. The molecule has 0 radical (unpaired) electrons. The van der Waals surface area contributed by atoms with E-state index in [0.717, 1.165) is 18.1 Å². The molecule has 2 N–H and O–H groups in total. The zero-order valence-electron chi connectivity index (χ0n) is 12.0. The molecule has 0 heterocycles. The number of nitrogens with zero attached hydrogens (tertiary/aromatic N) is 1. The highest BCUT2D eigenvalue weighted by atomic mass is 35.5. The summed E-state index contributed by atoms with van der Waals surface area (Å²) in [5.41, 5.74) is 7.51. The molecule has 1 aromatic rings. The van der Waals surface area contributed by atoms with Crippen molar-refractivity contribution in [2.75, 3.05) is 13.6 Å². The van der Waals surface area contributed by atoms with Gasteiger partial charge in [0, 0.05) is 23.7 Å². The first-order valence-electron chi connectivity index (χ1n) is 7.28. The van der Waals surface area contributed by atoms with Crippen molar-refractivity contribution in [1.82, 2.24) is 4.90 Å². The van der Waals surface area contributed by atoms with Crippen molar-refractivity contribution >= 4 is 11.6 Å². The van der Waals surface area contributed by atoms with Crippen LogP contribution in [0.1, 0.15) is 38.2 Å². The lowest BCUT2D eigenvalue weighted by Crippen LogP contribution is -2.54. The molecule has 2 rings (SSSR count). The van der Waals surface area contributed by atoms with Crippen LogP contribution in [0.4, 0.5) is 0 Å². The predicted octanol–water partition coefficient (Wildman–Crippen LogP) is 3.68. The Labute approximate surface area is 121 Å². The summed E-state index contributed by atoms with van der Waals surface area (Å²) in [4.78, 5) is 2.44. The first-order valence-corrected chi connectivity index (χ1v) is 7.66. The molecule has 0 amide bonds. The third kappa shape index (κ3) is 2.81. The van der Waals surface area contributed by atoms with Gasteiger partial charge in [-0.15, -0.1) is 0 Å². The normalized spacial score (nSPS) is 27.1. The second-order valence-electron chi connectivity index (χ2n) is 5.75. The Balaban J connectivity index is 2.18. The van der Waals surface area contributed by atoms with Crippen LogP contribution in [0.15, 0.2) is 24.3 Å². The maximum atomic E-state index is 6.28. The maximum absolute atomic E-state index is 6.28. The molecule has 2 atom stereocenters. The fourth-order valence-electron chi connectivity index (χ4n) is 3.68. The average Bonchev–Trinajstić information content (AvgIpc) is 2.85. The van der Waals surface area contributed by atoms with Crippen LogP contribution >= 0.6 is 11.6 Å². The van der Waals surface area contributed by atoms with Gasteiger partial charge in [0.05, 0.1) is 0 Å². The second-order valence-corrected chi connectivity index (χ2v) is 6.16. The monoisotopic (exact) mass is 280 g/mol. The Morgan fingerprint density at radius 1 is 1.42 bits per heavy atom. The summed E-state index contributed by atoms with van der Waals surface area (Å²) in [6.07, 6.45) is 5.02. The standard InChI is InChI=1S/C16H25ClN2/c1-3-14-8-6-10-16(14,12-18)19(2)11-13-7-4-5-9-15(13)17/h4-5,7,9,14H,3,6,8,10-12,18H2,1-2H3. The number of likely N-dealkylation sites (N-methyl/N-ethyl adjacent to an activating group) is 1. The van der Waals surface area contributed by atoms with Gasteiger partial charge >= 0.3 is 0 Å². The van der Waals surface area contributed by atoms with Gasteiger partial charge < -0.3 is 5.73 Å². The van der Waals surface area contributed by atoms with Crippen LogP contribution in [0.5, 0.6) is 0 Å². The highest BCUT2D eigenvalue weighted by Crippen LogP contribution is 2.41. The van der Waals surface area contributed by atoms with Gasteiger partial charge in [0.2, 0.25) is 0 Å². The van der Waals surface area contributed by atoms with E-state index in [1.165, 1.54) is 31.2 Å². The van der Waals surface area contributed by atoms with Crippen LogP contribution < -0.4 is 5.73 Å². The fraction of sp³-hybridized carbons (Fsp3) is 0.625. The van der Waals surface area contributed by atoms with E-state index in [4.69, 9.17) is 17.3 Å². The first kappa shape index (κ1) is 14.8. The van der Waals surface area contributed by atoms with Gasteiger partial charge in [-0.05, 0) is 37.4 Å². The molecule has 0 aromatic heterocycles. The van der Waals surface area contributed by atoms with E-state index in [2.05, 4.69) is 31.0 Å². The Morgan fingerprint density at radius 2 is 2.16 bits per heavy atom. The number of halogens is 1. The van der Waals surface area contributed by atoms with Crippen molar-refractivity contribution in [2.45, 2.75) is 44.7 Å². The van der Waals surface area contributed by atoms with E-state index in [1.54, 1.807) is 0 Å². The molecule has 0 spiro atoms. The van der Waals surface area contributed by atoms with E-state index in [9.17, 15) is 0 Å². The third-order valence-electron chi connectivity index (χ3n) is 4.89. The summed E-state index contributed by atoms with van der Waals surface area (Å²) in [7, 11) is 2.20. The van der Waals surface area contributed by atoms with Crippen molar-refractivity contribution in [2.24, 2.45) is 11.7 Å². The number of rotatable bonds is 5. The van der Waals surface area contributed by atoms with E-state index < -0.39 is 0 Å². The molecule has 2 nitrogen and oxygen atoms in total. The lowest BCUT2D eigenvalue weighted by molar-refractivity contribution is 0.0747. The van der Waals surface area contributed by atoms with Crippen molar-refractivity contribution in [3.05, 3.63) is 34.9 Å². The average molecular weight is 281 g/mol. The largest absolute Gasteiger partial charge is 0.329 e. The summed E-state index contributed by atoms with van der Waals surface area (Å²) < 4.78 is 0. The summed E-state index contributed by atoms with van der Waals surface area (Å²) in [5.74, 6) is 0.713. The first-order chi connectivity index (χ1) is 9.14. The number of benzene rings is 1. The van der Waals surface area contributed by atoms with E-state index in [1.807, 2.05) is 12.1 Å². The molecule has 0 aliphatic heterocycles. The van der Waals surface area contributed by atoms with E-state index >= 15 is 0 Å². The Kier molecular flexibility index (Phi) is 4.88. The molecular formula is C16H25ClN2. The second kappa shape index (κ2) is 6.25. The highest BCUT2D eigenvalue weighted by Gasteiger charge is 2.43. The molecule has 1 aliphatic carbocycles. The molecule has 1 aliphatic rings. The Hall–Kier alpha value is -0.570. The quantitative estimate of drug-likeness (QED) is 0.891. The number of nitrogens with two attached hydrogens (primary N) is 1. The van der Waals surface area contributed by atoms with E-state index in [0.29, 0.717) is 5.92 Å². The zero-order valence-corrected chi connectivity index (χ0v) is 12.8. The maximum Gasteiger partial charge on any atom is 0.0451 e. The van der Waals surface area contributed by atoms with Crippen molar-refractivity contribution in [1.29, 1.82) is 0 Å². The summed E-state index contributed by atoms with van der Waals surface area (Å²) in [5, 5.41) is 0.854. The van der Waals surface area contributed by atoms with Gasteiger partial charge in [-0.2, -0.15) is 0 Å². The molecule has 19 heavy (non-hydrogen) atoms. The molecule has 1 fully saturated rings. The lowest BCUT2D eigenvalue weighted by Gasteiger charge is -2.43. The van der Waals surface area contributed by atoms with Gasteiger partial charge in [-0.25, -0.2) is 0 Å². The Bertz CT molecular complexity index is 421. The lowest BCUT2D eigenvalue weighted by atomic mass is 9.83. The number of hydrogen-bond donors (Lipinski definition) is 1. The highest BCUT2D eigenvalue weighted by molar-refractivity contribution is 6.31. The SMILES string of the molecule is CCC1CCCC1(CN)N(C)Cc1ccccc1Cl. The Morgan fingerprint density at radius 3 is 2.79 bits per heavy atom. The zero-order chi connectivity index (χ0) is 13.9. The van der Waals surface area contributed by atoms with Crippen molar-refractivity contribution < 1.29 is 0 Å². The van der Waals surface area contributed by atoms with Crippen molar-refractivity contribution in [3.63, 3.8) is 0 Å². The van der Waals surface area contributed by atoms with Crippen LogP contribution in [0.2, 0.25) is 5.02 Å². The predicted molar refractivity (Wildman–Crippen MR) is 82.3 cm³/mol. The van der Waals surface area contributed by atoms with Crippen LogP contribution in [0.25, 0.3) is 0 Å². The van der Waals surface area contributed by atoms with Gasteiger partial charge in [0.25, 0.3) is 0 Å². The van der Waals surface area contributed by atoms with Crippen LogP contribution in [0, 0.1) is 5.92 Å². The fourth-order valence-corrected chi connectivity index (χ4v) is 3.87. The van der Waals surface area contributed by atoms with Gasteiger partial charge in [0.15, 0.2) is 0 Å². The van der Waals surface area contributed by atoms with Crippen molar-refractivity contribution in [3.8, 4) is 0 Å². The van der Waals surface area contributed by atoms with Crippen LogP contribution in [-0.2, 0) is 6.54 Å². The topological polar surface area (TPSA) is 29.3 Å². The minimum absolute atomic E-state index is 0.161. The molecule has 2 unspecified atom stereocenters. The smallest absolute Gasteiger partial charge is 0.0451 e.